The van der Waals surface area contributed by atoms with Crippen LogP contribution in [0.2, 0.25) is 5.02 Å². The minimum Gasteiger partial charge on any atom is -0.351 e. The summed E-state index contributed by atoms with van der Waals surface area (Å²) < 4.78 is 14.8. The second-order valence-electron chi connectivity index (χ2n) is 4.65. The largest absolute Gasteiger partial charge is 0.351 e. The molecule has 0 bridgehead atoms. The number of rotatable bonds is 3. The first-order valence-corrected chi connectivity index (χ1v) is 7.45. The van der Waals surface area contributed by atoms with Crippen molar-refractivity contribution < 1.29 is 14.0 Å². The van der Waals surface area contributed by atoms with E-state index >= 15 is 0 Å². The number of aromatic amines is 1. The maximum absolute atomic E-state index is 14.2. The molecule has 3 aromatic rings. The summed E-state index contributed by atoms with van der Waals surface area (Å²) in [6, 6.07) is 9.37. The van der Waals surface area contributed by atoms with E-state index in [-0.39, 0.29) is 17.5 Å². The van der Waals surface area contributed by atoms with E-state index in [1.165, 1.54) is 6.07 Å². The zero-order chi connectivity index (χ0) is 15.9. The summed E-state index contributed by atoms with van der Waals surface area (Å²) in [6.45, 7) is 0. The predicted molar refractivity (Wildman–Crippen MR) is 86.8 cm³/mol. The molecule has 3 rings (SSSR count). The average Bonchev–Trinajstić information content (AvgIpc) is 2.86. The first-order chi connectivity index (χ1) is 10.5. The lowest BCUT2D eigenvalue weighted by Crippen LogP contribution is -2.02. The maximum Gasteiger partial charge on any atom is 0.242 e. The Morgan fingerprint density at radius 2 is 2.00 bits per heavy atom. The van der Waals surface area contributed by atoms with Crippen LogP contribution in [0.4, 0.5) is 4.39 Å². The monoisotopic (exact) mass is 379 g/mol. The molecule has 0 aliphatic heterocycles. The molecule has 0 aliphatic carbocycles. The Kier molecular flexibility index (Phi) is 3.85. The Labute approximate surface area is 138 Å². The van der Waals surface area contributed by atoms with Crippen LogP contribution in [-0.4, -0.2) is 17.1 Å². The number of ketones is 1. The molecule has 0 atom stereocenters. The first kappa shape index (κ1) is 14.9. The fourth-order valence-electron chi connectivity index (χ4n) is 2.38. The highest BCUT2D eigenvalue weighted by atomic mass is 79.9. The molecule has 0 aliphatic rings. The molecule has 1 heterocycles. The molecule has 1 N–H and O–H groups in total. The molecule has 6 heteroatoms. The van der Waals surface area contributed by atoms with Crippen molar-refractivity contribution in [2.24, 2.45) is 0 Å². The third-order valence-corrected chi connectivity index (χ3v) is 4.53. The van der Waals surface area contributed by atoms with E-state index in [0.29, 0.717) is 26.0 Å². The zero-order valence-electron chi connectivity index (χ0n) is 11.0. The Bertz CT molecular complexity index is 920. The maximum atomic E-state index is 14.2. The highest BCUT2D eigenvalue weighted by molar-refractivity contribution is 9.10. The number of aromatic nitrogens is 1. The van der Waals surface area contributed by atoms with Crippen molar-refractivity contribution in [1.82, 2.24) is 4.98 Å². The van der Waals surface area contributed by atoms with Gasteiger partial charge in [-0.15, -0.1) is 0 Å². The van der Waals surface area contributed by atoms with Gasteiger partial charge in [0.15, 0.2) is 6.29 Å². The highest BCUT2D eigenvalue weighted by Crippen LogP contribution is 2.37. The first-order valence-electron chi connectivity index (χ1n) is 6.28. The van der Waals surface area contributed by atoms with Crippen molar-refractivity contribution in [2.75, 3.05) is 0 Å². The molecule has 1 aromatic heterocycles. The van der Waals surface area contributed by atoms with Gasteiger partial charge >= 0.3 is 0 Å². The van der Waals surface area contributed by atoms with Crippen molar-refractivity contribution in [3.8, 4) is 11.1 Å². The van der Waals surface area contributed by atoms with E-state index in [0.717, 1.165) is 0 Å². The third-order valence-electron chi connectivity index (χ3n) is 3.34. The number of fused-ring (bicyclic) bond motifs is 1. The smallest absolute Gasteiger partial charge is 0.242 e. The minimum absolute atomic E-state index is 0.0456. The molecule has 0 amide bonds. The molecule has 0 fully saturated rings. The van der Waals surface area contributed by atoms with Gasteiger partial charge < -0.3 is 4.98 Å². The molecule has 0 radical (unpaired) electrons. The standard InChI is InChI=1S/C16H8BrClFNO2/c17-10-6-13-9(5-11(10)18)15(16(20-13)14(22)7-21)8-3-1-2-4-12(8)19/h1-7,20H. The molecule has 2 aromatic carbocycles. The van der Waals surface area contributed by atoms with Crippen LogP contribution in [0, 0.1) is 5.82 Å². The van der Waals surface area contributed by atoms with E-state index in [1.54, 1.807) is 30.3 Å². The molecule has 0 unspecified atom stereocenters. The van der Waals surface area contributed by atoms with Crippen LogP contribution >= 0.6 is 27.5 Å². The van der Waals surface area contributed by atoms with Gasteiger partial charge in [0.25, 0.3) is 0 Å². The van der Waals surface area contributed by atoms with Gasteiger partial charge in [-0.05, 0) is 34.1 Å². The molecular weight excluding hydrogens is 373 g/mol. The van der Waals surface area contributed by atoms with Gasteiger partial charge in [0.1, 0.15) is 5.82 Å². The number of carbonyl (C=O) groups is 2. The molecule has 0 spiro atoms. The van der Waals surface area contributed by atoms with Crippen LogP contribution in [0.15, 0.2) is 40.9 Å². The van der Waals surface area contributed by atoms with Crippen molar-refractivity contribution in [3.63, 3.8) is 0 Å². The van der Waals surface area contributed by atoms with Crippen LogP contribution < -0.4 is 0 Å². The molecule has 0 saturated heterocycles. The number of hydrogen-bond donors (Lipinski definition) is 1. The van der Waals surface area contributed by atoms with Gasteiger partial charge in [0.05, 0.1) is 10.7 Å². The fourth-order valence-corrected chi connectivity index (χ4v) is 2.88. The van der Waals surface area contributed by atoms with Gasteiger partial charge in [-0.1, -0.05) is 29.8 Å². The number of H-pyrrole nitrogens is 1. The van der Waals surface area contributed by atoms with Gasteiger partial charge in [-0.2, -0.15) is 0 Å². The lowest BCUT2D eigenvalue weighted by Gasteiger charge is -2.04. The summed E-state index contributed by atoms with van der Waals surface area (Å²) in [5, 5.41) is 0.998. The topological polar surface area (TPSA) is 49.9 Å². The Morgan fingerprint density at radius 1 is 1.27 bits per heavy atom. The van der Waals surface area contributed by atoms with E-state index < -0.39 is 11.6 Å². The van der Waals surface area contributed by atoms with E-state index in [2.05, 4.69) is 20.9 Å². The van der Waals surface area contributed by atoms with Gasteiger partial charge in [0.2, 0.25) is 5.78 Å². The van der Waals surface area contributed by atoms with Gasteiger partial charge in [-0.3, -0.25) is 9.59 Å². The Hall–Kier alpha value is -1.98. The fraction of sp³-hybridized carbons (Fsp3) is 0. The lowest BCUT2D eigenvalue weighted by atomic mass is 10.00. The summed E-state index contributed by atoms with van der Waals surface area (Å²) in [4.78, 5) is 25.7. The van der Waals surface area contributed by atoms with Crippen LogP contribution in [0.3, 0.4) is 0 Å². The second kappa shape index (κ2) is 5.66. The summed E-state index contributed by atoms with van der Waals surface area (Å²) >= 11 is 9.40. The SMILES string of the molecule is O=CC(=O)c1[nH]c2cc(Br)c(Cl)cc2c1-c1ccccc1F. The van der Waals surface area contributed by atoms with E-state index in [4.69, 9.17) is 11.6 Å². The number of Topliss-reactive ketones (excluding diaryl/α,β-unsaturated/α-hetero) is 1. The predicted octanol–water partition coefficient (Wildman–Crippen LogP) is 4.77. The molecular formula is C16H8BrClFNO2. The molecule has 0 saturated carbocycles. The summed E-state index contributed by atoms with van der Waals surface area (Å²) in [6.07, 6.45) is 0.200. The second-order valence-corrected chi connectivity index (χ2v) is 5.91. The molecule has 3 nitrogen and oxygen atoms in total. The minimum atomic E-state index is -0.748. The van der Waals surface area contributed by atoms with E-state index in [9.17, 15) is 14.0 Å². The third kappa shape index (κ3) is 2.36. The quantitative estimate of drug-likeness (QED) is 0.404. The van der Waals surface area contributed by atoms with Crippen LogP contribution in [-0.2, 0) is 4.79 Å². The van der Waals surface area contributed by atoms with E-state index in [1.807, 2.05) is 0 Å². The highest BCUT2D eigenvalue weighted by Gasteiger charge is 2.21. The molecule has 22 heavy (non-hydrogen) atoms. The number of halogens is 3. The number of benzene rings is 2. The van der Waals surface area contributed by atoms with Gasteiger partial charge in [-0.25, -0.2) is 4.39 Å². The number of hydrogen-bond acceptors (Lipinski definition) is 2. The van der Waals surface area contributed by atoms with Crippen molar-refractivity contribution in [1.29, 1.82) is 0 Å². The van der Waals surface area contributed by atoms with Crippen molar-refractivity contribution >= 4 is 50.5 Å². The Morgan fingerprint density at radius 3 is 2.68 bits per heavy atom. The molecule has 110 valence electrons. The van der Waals surface area contributed by atoms with Crippen molar-refractivity contribution in [2.45, 2.75) is 0 Å². The summed E-state index contributed by atoms with van der Waals surface area (Å²) in [7, 11) is 0. The van der Waals surface area contributed by atoms with Crippen LogP contribution in [0.25, 0.3) is 22.0 Å². The lowest BCUT2D eigenvalue weighted by molar-refractivity contribution is -0.104. The Balaban J connectivity index is 2.44. The zero-order valence-corrected chi connectivity index (χ0v) is 13.3. The normalized spacial score (nSPS) is 10.9. The number of carbonyl (C=O) groups excluding carboxylic acids is 2. The van der Waals surface area contributed by atoms with Crippen LogP contribution in [0.5, 0.6) is 0 Å². The van der Waals surface area contributed by atoms with Crippen LogP contribution in [0.1, 0.15) is 10.5 Å². The number of nitrogens with one attached hydrogen (secondary N) is 1. The summed E-state index contributed by atoms with van der Waals surface area (Å²) in [5.74, 6) is -1.23. The average molecular weight is 381 g/mol. The van der Waals surface area contributed by atoms with Gasteiger partial charge in [0, 0.05) is 26.5 Å². The van der Waals surface area contributed by atoms with Crippen molar-refractivity contribution in [3.05, 3.63) is 57.4 Å². The number of aldehydes is 1. The summed E-state index contributed by atoms with van der Waals surface area (Å²) in [5.41, 5.74) is 1.20.